The Labute approximate surface area is 244 Å². The monoisotopic (exact) mass is 594 g/mol. The third kappa shape index (κ3) is 12.0. The van der Waals surface area contributed by atoms with Crippen molar-refractivity contribution in [3.8, 4) is 0 Å². The standard InChI is InChI=1S/C20H29ClN4O3S.C6H5Cl.C3H6/c1-29(2,3)10-9-28-14-25(17-6-4-5-16(21)11-17)20(27)15-7-8-18-22-23-19(26)13-24(18)12-15;7-6-4-2-1-3-5-6;1-3-2/h4-6,11,15H,7-10,12-14H2,1-3H3,(H,23,26);1-5H;3H,1H2,2H3. The summed E-state index contributed by atoms with van der Waals surface area (Å²) in [6, 6.07) is 16.7. The molecule has 0 aromatic heterocycles. The van der Waals surface area contributed by atoms with Gasteiger partial charge in [0.05, 0.1) is 19.1 Å². The number of carbonyl (C=O) groups is 2. The summed E-state index contributed by atoms with van der Waals surface area (Å²) in [6.45, 7) is 6.77. The van der Waals surface area contributed by atoms with Crippen molar-refractivity contribution >= 4 is 56.6 Å². The van der Waals surface area contributed by atoms with E-state index in [0.29, 0.717) is 31.0 Å². The molecule has 4 rings (SSSR count). The number of amidine groups is 1. The number of nitrogens with one attached hydrogen (secondary N) is 1. The van der Waals surface area contributed by atoms with Crippen LogP contribution >= 0.6 is 33.2 Å². The van der Waals surface area contributed by atoms with Crippen LogP contribution in [0.5, 0.6) is 0 Å². The maximum atomic E-state index is 13.4. The van der Waals surface area contributed by atoms with Crippen LogP contribution in [-0.4, -0.2) is 73.5 Å². The molecule has 0 bridgehead atoms. The zero-order valence-corrected chi connectivity index (χ0v) is 25.6. The first-order valence-electron chi connectivity index (χ1n) is 12.7. The lowest BCUT2D eigenvalue weighted by Crippen LogP contribution is -2.53. The van der Waals surface area contributed by atoms with E-state index in [1.54, 1.807) is 23.1 Å². The van der Waals surface area contributed by atoms with Crippen LogP contribution in [0, 0.1) is 5.92 Å². The largest absolute Gasteiger partial charge is 0.360 e. The third-order valence-corrected chi connectivity index (χ3v) is 7.57. The summed E-state index contributed by atoms with van der Waals surface area (Å²) in [5.74, 6) is 1.43. The predicted octanol–water partition coefficient (Wildman–Crippen LogP) is 6.03. The molecule has 2 amide bonds. The number of hydrogen-bond donors (Lipinski definition) is 1. The Balaban J connectivity index is 0.000000450. The fourth-order valence-electron chi connectivity index (χ4n) is 3.75. The van der Waals surface area contributed by atoms with Gasteiger partial charge < -0.3 is 9.64 Å². The zero-order valence-electron chi connectivity index (χ0n) is 23.2. The molecule has 214 valence electrons. The number of nitrogens with zero attached hydrogens (tertiary/aromatic N) is 3. The van der Waals surface area contributed by atoms with Gasteiger partial charge in [0, 0.05) is 34.5 Å². The second-order valence-corrected chi connectivity index (χ2v) is 15.4. The molecular formula is C29H40Cl2N4O3S. The van der Waals surface area contributed by atoms with Gasteiger partial charge in [0.2, 0.25) is 5.91 Å². The molecule has 1 N–H and O–H groups in total. The minimum absolute atomic E-state index is 0.0135. The minimum atomic E-state index is -0.660. The quantitative estimate of drug-likeness (QED) is 0.241. The van der Waals surface area contributed by atoms with E-state index >= 15 is 0 Å². The normalized spacial score (nSPS) is 16.7. The SMILES string of the molecule is C=CC.CS(C)(C)CCOCN(C(=O)C1CCC2=NNC(=O)CN2C1)c1cccc(Cl)c1.Clc1ccccc1. The third-order valence-electron chi connectivity index (χ3n) is 5.70. The molecular weight excluding hydrogens is 555 g/mol. The molecule has 0 spiro atoms. The first-order chi connectivity index (χ1) is 18.5. The van der Waals surface area contributed by atoms with Crippen LogP contribution in [0.25, 0.3) is 0 Å². The van der Waals surface area contributed by atoms with Crippen molar-refractivity contribution in [2.24, 2.45) is 11.0 Å². The van der Waals surface area contributed by atoms with Gasteiger partial charge in [-0.25, -0.2) is 15.5 Å². The fraction of sp³-hybridized carbons (Fsp3) is 0.414. The molecule has 0 saturated carbocycles. The Morgan fingerprint density at radius 3 is 2.44 bits per heavy atom. The van der Waals surface area contributed by atoms with Crippen LogP contribution < -0.4 is 10.3 Å². The highest BCUT2D eigenvalue weighted by molar-refractivity contribution is 8.32. The smallest absolute Gasteiger partial charge is 0.259 e. The van der Waals surface area contributed by atoms with Crippen LogP contribution in [-0.2, 0) is 14.3 Å². The van der Waals surface area contributed by atoms with E-state index in [4.69, 9.17) is 27.9 Å². The van der Waals surface area contributed by atoms with Crippen molar-refractivity contribution < 1.29 is 14.3 Å². The highest BCUT2D eigenvalue weighted by Crippen LogP contribution is 2.33. The molecule has 0 aliphatic carbocycles. The summed E-state index contributed by atoms with van der Waals surface area (Å²) < 4.78 is 5.88. The van der Waals surface area contributed by atoms with Gasteiger partial charge in [0.15, 0.2) is 0 Å². The molecule has 1 fully saturated rings. The van der Waals surface area contributed by atoms with Crippen molar-refractivity contribution in [1.82, 2.24) is 10.3 Å². The molecule has 2 aliphatic heterocycles. The number of benzene rings is 2. The number of anilines is 1. The zero-order chi connectivity index (χ0) is 28.8. The maximum Gasteiger partial charge on any atom is 0.259 e. The summed E-state index contributed by atoms with van der Waals surface area (Å²) in [5, 5.41) is 5.47. The van der Waals surface area contributed by atoms with E-state index in [9.17, 15) is 9.59 Å². The second-order valence-electron chi connectivity index (χ2n) is 9.96. The molecule has 39 heavy (non-hydrogen) atoms. The number of rotatable bonds is 7. The van der Waals surface area contributed by atoms with Gasteiger partial charge in [-0.15, -0.1) is 6.58 Å². The molecule has 2 aromatic rings. The van der Waals surface area contributed by atoms with Crippen LogP contribution in [0.4, 0.5) is 5.69 Å². The Morgan fingerprint density at radius 1 is 1.18 bits per heavy atom. The van der Waals surface area contributed by atoms with Gasteiger partial charge in [0.1, 0.15) is 12.6 Å². The average molecular weight is 596 g/mol. The summed E-state index contributed by atoms with van der Waals surface area (Å²) in [4.78, 5) is 28.6. The van der Waals surface area contributed by atoms with Crippen molar-refractivity contribution in [1.29, 1.82) is 0 Å². The van der Waals surface area contributed by atoms with E-state index in [0.717, 1.165) is 22.3 Å². The number of halogens is 2. The van der Waals surface area contributed by atoms with E-state index in [1.807, 2.05) is 54.3 Å². The van der Waals surface area contributed by atoms with Gasteiger partial charge in [-0.05, 0) is 62.4 Å². The number of fused-ring (bicyclic) bond motifs is 1. The number of hydrogen-bond acceptors (Lipinski definition) is 5. The molecule has 2 aliphatic rings. The van der Waals surface area contributed by atoms with E-state index in [2.05, 4.69) is 35.9 Å². The maximum absolute atomic E-state index is 13.4. The lowest BCUT2D eigenvalue weighted by atomic mass is 9.95. The minimum Gasteiger partial charge on any atom is -0.360 e. The van der Waals surface area contributed by atoms with Crippen molar-refractivity contribution in [2.45, 2.75) is 19.8 Å². The highest BCUT2D eigenvalue weighted by Gasteiger charge is 2.34. The van der Waals surface area contributed by atoms with Gasteiger partial charge in [-0.3, -0.25) is 14.5 Å². The number of amides is 2. The molecule has 0 radical (unpaired) electrons. The Morgan fingerprint density at radius 2 is 1.85 bits per heavy atom. The summed E-state index contributed by atoms with van der Waals surface area (Å²) in [6.07, 6.45) is 9.83. The lowest BCUT2D eigenvalue weighted by molar-refractivity contribution is -0.126. The van der Waals surface area contributed by atoms with Gasteiger partial charge in [0.25, 0.3) is 5.91 Å². The number of allylic oxidation sites excluding steroid dienone is 1. The Kier molecular flexibility index (Phi) is 13.9. The van der Waals surface area contributed by atoms with E-state index < -0.39 is 10.0 Å². The van der Waals surface area contributed by atoms with E-state index in [-0.39, 0.29) is 31.0 Å². The van der Waals surface area contributed by atoms with Crippen LogP contribution in [0.15, 0.2) is 72.4 Å². The molecule has 10 heteroatoms. The molecule has 7 nitrogen and oxygen atoms in total. The Hall–Kier alpha value is -2.52. The van der Waals surface area contributed by atoms with Crippen molar-refractivity contribution in [3.05, 3.63) is 77.3 Å². The number of ether oxygens (including phenoxy) is 1. The number of hydrazone groups is 1. The van der Waals surface area contributed by atoms with Crippen LogP contribution in [0.1, 0.15) is 19.8 Å². The Bertz CT molecular complexity index is 1110. The fourth-order valence-corrected chi connectivity index (χ4v) is 4.70. The summed E-state index contributed by atoms with van der Waals surface area (Å²) >= 11 is 11.7. The van der Waals surface area contributed by atoms with Crippen molar-refractivity contribution in [3.63, 3.8) is 0 Å². The van der Waals surface area contributed by atoms with E-state index in [1.165, 1.54) is 0 Å². The molecule has 1 saturated heterocycles. The average Bonchev–Trinajstić information content (AvgIpc) is 2.88. The first-order valence-corrected chi connectivity index (χ1v) is 16.5. The molecule has 1 atom stereocenters. The second kappa shape index (κ2) is 16.6. The molecule has 2 heterocycles. The van der Waals surface area contributed by atoms with Crippen LogP contribution in [0.2, 0.25) is 10.0 Å². The van der Waals surface area contributed by atoms with Crippen molar-refractivity contribution in [2.75, 3.05) is 55.8 Å². The molecule has 1 unspecified atom stereocenters. The number of piperidine rings is 1. The van der Waals surface area contributed by atoms with Gasteiger partial charge in [-0.1, -0.05) is 53.5 Å². The highest BCUT2D eigenvalue weighted by atomic mass is 35.5. The lowest BCUT2D eigenvalue weighted by Gasteiger charge is -2.37. The van der Waals surface area contributed by atoms with Crippen LogP contribution in [0.3, 0.4) is 0 Å². The number of carbonyl (C=O) groups excluding carboxylic acids is 2. The van der Waals surface area contributed by atoms with Gasteiger partial charge in [-0.2, -0.15) is 5.10 Å². The predicted molar refractivity (Wildman–Crippen MR) is 167 cm³/mol. The first kappa shape index (κ1) is 32.7. The topological polar surface area (TPSA) is 74.2 Å². The van der Waals surface area contributed by atoms with Gasteiger partial charge >= 0.3 is 0 Å². The summed E-state index contributed by atoms with van der Waals surface area (Å²) in [7, 11) is -0.660. The summed E-state index contributed by atoms with van der Waals surface area (Å²) in [5.41, 5.74) is 3.23. The molecule has 2 aromatic carbocycles.